The number of aldehydes is 1. The van der Waals surface area contributed by atoms with Crippen molar-refractivity contribution in [2.24, 2.45) is 0 Å². The summed E-state index contributed by atoms with van der Waals surface area (Å²) >= 11 is 3.32. The summed E-state index contributed by atoms with van der Waals surface area (Å²) in [4.78, 5) is 25.7. The molecule has 0 unspecified atom stereocenters. The quantitative estimate of drug-likeness (QED) is 0.624. The van der Waals surface area contributed by atoms with E-state index in [2.05, 4.69) is 20.8 Å². The van der Waals surface area contributed by atoms with Gasteiger partial charge in [0.15, 0.2) is 12.1 Å². The largest absolute Gasteiger partial charge is 0.379 e. The number of hydrogen-bond acceptors (Lipinski definition) is 4. The zero-order chi connectivity index (χ0) is 14.8. The van der Waals surface area contributed by atoms with Crippen molar-refractivity contribution in [1.82, 2.24) is 4.90 Å². The molecule has 1 aromatic carbocycles. The Balaban J connectivity index is 2.24. The molecule has 0 radical (unpaired) electrons. The maximum absolute atomic E-state index is 12.7. The molecule has 0 aromatic heterocycles. The first kappa shape index (κ1) is 15.4. The van der Waals surface area contributed by atoms with Crippen molar-refractivity contribution in [2.75, 3.05) is 26.3 Å². The van der Waals surface area contributed by atoms with E-state index in [1.54, 1.807) is 18.2 Å². The summed E-state index contributed by atoms with van der Waals surface area (Å²) in [5, 5.41) is 0. The summed E-state index contributed by atoms with van der Waals surface area (Å²) in [6.45, 7) is 6.69. The molecule has 0 saturated carbocycles. The Morgan fingerprint density at radius 2 is 2.00 bits per heavy atom. The lowest BCUT2D eigenvalue weighted by Crippen LogP contribution is -2.54. The molecule has 0 atom stereocenters. The van der Waals surface area contributed by atoms with Crippen LogP contribution >= 0.6 is 15.9 Å². The summed E-state index contributed by atoms with van der Waals surface area (Å²) in [5.74, 6) is 0.0533. The third-order valence-corrected chi connectivity index (χ3v) is 4.43. The van der Waals surface area contributed by atoms with Gasteiger partial charge < -0.3 is 4.74 Å². The van der Waals surface area contributed by atoms with Gasteiger partial charge in [-0.3, -0.25) is 14.5 Å². The summed E-state index contributed by atoms with van der Waals surface area (Å²) in [5.41, 5.74) is 0.580. The second-order valence-corrected chi connectivity index (χ2v) is 6.20. The first-order valence-electron chi connectivity index (χ1n) is 6.59. The number of benzene rings is 1. The number of carbonyl (C=O) groups excluding carboxylic acids is 2. The average molecular weight is 340 g/mol. The number of nitrogens with zero attached hydrogens (tertiary/aromatic N) is 1. The van der Waals surface area contributed by atoms with Crippen molar-refractivity contribution in [1.29, 1.82) is 0 Å². The van der Waals surface area contributed by atoms with Crippen LogP contribution in [0, 0.1) is 0 Å². The molecule has 1 fully saturated rings. The van der Waals surface area contributed by atoms with E-state index in [1.165, 1.54) is 0 Å². The summed E-state index contributed by atoms with van der Waals surface area (Å²) in [6.07, 6.45) is 0.769. The highest BCUT2D eigenvalue weighted by atomic mass is 79.9. The van der Waals surface area contributed by atoms with E-state index in [-0.39, 0.29) is 5.78 Å². The Hall–Kier alpha value is -1.04. The number of ether oxygens (including phenoxy) is 1. The van der Waals surface area contributed by atoms with Gasteiger partial charge >= 0.3 is 0 Å². The Bertz CT molecular complexity index is 522. The van der Waals surface area contributed by atoms with Gasteiger partial charge in [-0.25, -0.2) is 0 Å². The SMILES string of the molecule is CC(C)(C(=O)c1ccc(C=O)c(Br)c1)N1CCOCC1. The second kappa shape index (κ2) is 6.16. The third-order valence-electron chi connectivity index (χ3n) is 3.75. The van der Waals surface area contributed by atoms with Gasteiger partial charge in [0.05, 0.1) is 18.8 Å². The minimum absolute atomic E-state index is 0.0533. The van der Waals surface area contributed by atoms with E-state index in [0.717, 1.165) is 19.4 Å². The maximum atomic E-state index is 12.7. The molecule has 20 heavy (non-hydrogen) atoms. The highest BCUT2D eigenvalue weighted by molar-refractivity contribution is 9.10. The second-order valence-electron chi connectivity index (χ2n) is 5.34. The van der Waals surface area contributed by atoms with Gasteiger partial charge in [0, 0.05) is 28.7 Å². The third kappa shape index (κ3) is 3.00. The lowest BCUT2D eigenvalue weighted by molar-refractivity contribution is -0.00430. The number of rotatable bonds is 4. The molecule has 1 aromatic rings. The van der Waals surface area contributed by atoms with E-state index in [1.807, 2.05) is 13.8 Å². The van der Waals surface area contributed by atoms with Crippen molar-refractivity contribution in [3.05, 3.63) is 33.8 Å². The highest BCUT2D eigenvalue weighted by Crippen LogP contribution is 2.24. The lowest BCUT2D eigenvalue weighted by Gasteiger charge is -2.39. The van der Waals surface area contributed by atoms with Crippen LogP contribution in [0.15, 0.2) is 22.7 Å². The predicted octanol–water partition coefficient (Wildman–Crippen LogP) is 2.56. The van der Waals surface area contributed by atoms with E-state index in [0.29, 0.717) is 28.8 Å². The average Bonchev–Trinajstić information content (AvgIpc) is 2.47. The molecule has 1 saturated heterocycles. The van der Waals surface area contributed by atoms with Crippen LogP contribution in [0.25, 0.3) is 0 Å². The monoisotopic (exact) mass is 339 g/mol. The number of halogens is 1. The predicted molar refractivity (Wildman–Crippen MR) is 80.3 cm³/mol. The molecule has 2 rings (SSSR count). The number of carbonyl (C=O) groups is 2. The molecule has 0 N–H and O–H groups in total. The molecule has 5 heteroatoms. The molecular formula is C15H18BrNO3. The Morgan fingerprint density at radius 1 is 1.35 bits per heavy atom. The van der Waals surface area contributed by atoms with Crippen molar-refractivity contribution in [2.45, 2.75) is 19.4 Å². The van der Waals surface area contributed by atoms with Crippen LogP contribution in [-0.2, 0) is 4.74 Å². The van der Waals surface area contributed by atoms with Gasteiger partial charge in [0.25, 0.3) is 0 Å². The summed E-state index contributed by atoms with van der Waals surface area (Å²) in [6, 6.07) is 5.09. The molecule has 108 valence electrons. The van der Waals surface area contributed by atoms with Crippen LogP contribution in [0.4, 0.5) is 0 Å². The molecule has 1 heterocycles. The molecule has 4 nitrogen and oxygen atoms in total. The lowest BCUT2D eigenvalue weighted by atomic mass is 9.90. The van der Waals surface area contributed by atoms with Gasteiger partial charge in [-0.15, -0.1) is 0 Å². The summed E-state index contributed by atoms with van der Waals surface area (Å²) < 4.78 is 5.98. The number of Topliss-reactive ketones (excluding diaryl/α,β-unsaturated/α-hetero) is 1. The van der Waals surface area contributed by atoms with E-state index in [4.69, 9.17) is 4.74 Å². The van der Waals surface area contributed by atoms with Crippen LogP contribution < -0.4 is 0 Å². The molecule has 1 aliphatic rings. The van der Waals surface area contributed by atoms with Gasteiger partial charge in [-0.2, -0.15) is 0 Å². The fourth-order valence-electron chi connectivity index (χ4n) is 2.38. The van der Waals surface area contributed by atoms with Crippen LogP contribution in [0.2, 0.25) is 0 Å². The Morgan fingerprint density at radius 3 is 2.55 bits per heavy atom. The molecule has 0 bridgehead atoms. The van der Waals surface area contributed by atoms with Crippen LogP contribution in [0.1, 0.15) is 34.6 Å². The van der Waals surface area contributed by atoms with Gasteiger partial charge in [-0.1, -0.05) is 22.0 Å². The first-order chi connectivity index (χ1) is 9.46. The zero-order valence-corrected chi connectivity index (χ0v) is 13.3. The van der Waals surface area contributed by atoms with E-state index in [9.17, 15) is 9.59 Å². The molecule has 0 aliphatic carbocycles. The van der Waals surface area contributed by atoms with Crippen molar-refractivity contribution in [3.8, 4) is 0 Å². The van der Waals surface area contributed by atoms with Crippen LogP contribution in [0.3, 0.4) is 0 Å². The van der Waals surface area contributed by atoms with Crippen molar-refractivity contribution in [3.63, 3.8) is 0 Å². The van der Waals surface area contributed by atoms with Gasteiger partial charge in [0.1, 0.15) is 0 Å². The van der Waals surface area contributed by atoms with Crippen molar-refractivity contribution < 1.29 is 14.3 Å². The zero-order valence-electron chi connectivity index (χ0n) is 11.7. The fourth-order valence-corrected chi connectivity index (χ4v) is 2.86. The smallest absolute Gasteiger partial charge is 0.182 e. The highest BCUT2D eigenvalue weighted by Gasteiger charge is 2.36. The Labute approximate surface area is 127 Å². The minimum Gasteiger partial charge on any atom is -0.379 e. The van der Waals surface area contributed by atoms with Crippen LogP contribution in [-0.4, -0.2) is 48.8 Å². The topological polar surface area (TPSA) is 46.6 Å². The van der Waals surface area contributed by atoms with Crippen molar-refractivity contribution >= 4 is 28.0 Å². The summed E-state index contributed by atoms with van der Waals surface area (Å²) in [7, 11) is 0. The standard InChI is InChI=1S/C15H18BrNO3/c1-15(2,17-5-7-20-8-6-17)14(19)11-3-4-12(10-18)13(16)9-11/h3-4,9-10H,5-8H2,1-2H3. The number of ketones is 1. The normalized spacial score (nSPS) is 16.9. The minimum atomic E-state index is -0.577. The van der Waals surface area contributed by atoms with Gasteiger partial charge in [0.2, 0.25) is 0 Å². The first-order valence-corrected chi connectivity index (χ1v) is 7.38. The Kier molecular flexibility index (Phi) is 4.73. The molecule has 0 amide bonds. The number of hydrogen-bond donors (Lipinski definition) is 0. The number of morpholine rings is 1. The van der Waals surface area contributed by atoms with Crippen LogP contribution in [0.5, 0.6) is 0 Å². The van der Waals surface area contributed by atoms with E-state index < -0.39 is 5.54 Å². The van der Waals surface area contributed by atoms with Gasteiger partial charge in [-0.05, 0) is 26.0 Å². The fraction of sp³-hybridized carbons (Fsp3) is 0.467. The molecule has 1 aliphatic heterocycles. The van der Waals surface area contributed by atoms with E-state index >= 15 is 0 Å². The molecular weight excluding hydrogens is 322 g/mol. The molecule has 0 spiro atoms. The maximum Gasteiger partial charge on any atom is 0.182 e.